The van der Waals surface area contributed by atoms with Crippen molar-refractivity contribution < 1.29 is 15.3 Å². The molecule has 0 aromatic carbocycles. The summed E-state index contributed by atoms with van der Waals surface area (Å²) >= 11 is 0. The zero-order valence-corrected chi connectivity index (χ0v) is 26.2. The van der Waals surface area contributed by atoms with Crippen molar-refractivity contribution in [1.29, 1.82) is 0 Å². The van der Waals surface area contributed by atoms with E-state index in [0.29, 0.717) is 42.7 Å². The monoisotopic (exact) mass is 592 g/mol. The molecule has 0 bridgehead atoms. The SMILES string of the molecule is C.C.C.C.CC(C)(C)N1CCC(CCO)CC1.CC(C)(C)N1CCC(CO)CC1.CC(C)(C)N1CCCC(CO)C1. The van der Waals surface area contributed by atoms with Gasteiger partial charge in [-0.25, -0.2) is 0 Å². The second kappa shape index (κ2) is 22.3. The molecule has 3 aliphatic rings. The van der Waals surface area contributed by atoms with E-state index in [1.807, 2.05) is 0 Å². The summed E-state index contributed by atoms with van der Waals surface area (Å²) in [6, 6.07) is 0. The van der Waals surface area contributed by atoms with Crippen LogP contribution in [0.1, 0.15) is 137 Å². The summed E-state index contributed by atoms with van der Waals surface area (Å²) in [5.74, 6) is 1.84. The minimum absolute atomic E-state index is 0. The lowest BCUT2D eigenvalue weighted by molar-refractivity contribution is 0.0561. The molecule has 0 aromatic rings. The Morgan fingerprint density at radius 1 is 0.488 bits per heavy atom. The van der Waals surface area contributed by atoms with Crippen LogP contribution in [-0.2, 0) is 0 Å². The smallest absolute Gasteiger partial charge is 0.0471 e. The molecule has 0 spiro atoms. The Hall–Kier alpha value is -0.240. The first-order chi connectivity index (χ1) is 17.1. The van der Waals surface area contributed by atoms with Gasteiger partial charge in [0, 0.05) is 43.0 Å². The fourth-order valence-electron chi connectivity index (χ4n) is 5.68. The number of hydrogen-bond acceptors (Lipinski definition) is 6. The molecular formula is C35H81N3O3. The van der Waals surface area contributed by atoms with E-state index in [-0.39, 0.29) is 35.2 Å². The highest BCUT2D eigenvalue weighted by Crippen LogP contribution is 2.26. The summed E-state index contributed by atoms with van der Waals surface area (Å²) in [4.78, 5) is 7.51. The predicted octanol–water partition coefficient (Wildman–Crippen LogP) is 7.40. The lowest BCUT2D eigenvalue weighted by Crippen LogP contribution is -2.47. The highest BCUT2D eigenvalue weighted by Gasteiger charge is 2.28. The summed E-state index contributed by atoms with van der Waals surface area (Å²) in [6.07, 6.45) is 8.28. The fraction of sp³-hybridized carbons (Fsp3) is 1.00. The fourth-order valence-corrected chi connectivity index (χ4v) is 5.68. The molecule has 3 N–H and O–H groups in total. The van der Waals surface area contributed by atoms with Crippen LogP contribution in [0.2, 0.25) is 0 Å². The maximum atomic E-state index is 9.05. The van der Waals surface area contributed by atoms with Crippen molar-refractivity contribution >= 4 is 0 Å². The van der Waals surface area contributed by atoms with E-state index in [0.717, 1.165) is 44.8 Å². The summed E-state index contributed by atoms with van der Waals surface area (Å²) in [5, 5.41) is 26.8. The Labute approximate surface area is 260 Å². The van der Waals surface area contributed by atoms with Crippen LogP contribution in [0.4, 0.5) is 0 Å². The normalized spacial score (nSPS) is 21.8. The standard InChI is InChI=1S/C11H23NO.2C10H21NO.4CH4/c1-11(2,3)12-7-4-10(5-8-12)6-9-13;1-10(2,3)11-6-4-9(8-12)5-7-11;1-10(2,3)11-6-4-5-9(7-11)8-12;;;;/h10,13H,4-9H2,1-3H3;2*9,12H,4-8H2,1-3H3;4*1H4. The van der Waals surface area contributed by atoms with Crippen LogP contribution in [0.3, 0.4) is 0 Å². The average molecular weight is 592 g/mol. The summed E-state index contributed by atoms with van der Waals surface area (Å²) in [5.41, 5.74) is 0.901. The van der Waals surface area contributed by atoms with Crippen molar-refractivity contribution in [1.82, 2.24) is 14.7 Å². The number of aliphatic hydroxyl groups is 3. The maximum absolute atomic E-state index is 9.05. The Morgan fingerprint density at radius 3 is 1.17 bits per heavy atom. The van der Waals surface area contributed by atoms with Crippen LogP contribution in [-0.4, -0.2) is 106 Å². The number of aliphatic hydroxyl groups excluding tert-OH is 3. The quantitative estimate of drug-likeness (QED) is 0.316. The van der Waals surface area contributed by atoms with Gasteiger partial charge in [0.05, 0.1) is 0 Å². The minimum Gasteiger partial charge on any atom is -0.396 e. The van der Waals surface area contributed by atoms with Crippen LogP contribution < -0.4 is 0 Å². The van der Waals surface area contributed by atoms with Gasteiger partial charge in [-0.15, -0.1) is 0 Å². The van der Waals surface area contributed by atoms with E-state index >= 15 is 0 Å². The molecule has 0 aromatic heterocycles. The van der Waals surface area contributed by atoms with E-state index in [4.69, 9.17) is 15.3 Å². The van der Waals surface area contributed by atoms with E-state index in [2.05, 4.69) is 77.0 Å². The first-order valence-electron chi connectivity index (χ1n) is 15.2. The number of piperidine rings is 3. The molecule has 3 rings (SSSR count). The van der Waals surface area contributed by atoms with Gasteiger partial charge < -0.3 is 15.3 Å². The van der Waals surface area contributed by atoms with Crippen LogP contribution in [0.15, 0.2) is 0 Å². The Bertz CT molecular complexity index is 579. The van der Waals surface area contributed by atoms with Crippen LogP contribution >= 0.6 is 0 Å². The third-order valence-corrected chi connectivity index (χ3v) is 8.65. The molecule has 6 heteroatoms. The molecule has 1 unspecified atom stereocenters. The van der Waals surface area contributed by atoms with Crippen molar-refractivity contribution in [2.45, 2.75) is 154 Å². The number of nitrogens with zero attached hydrogens (tertiary/aromatic N) is 3. The third kappa shape index (κ3) is 18.9. The molecule has 41 heavy (non-hydrogen) atoms. The minimum atomic E-state index is 0. The Kier molecular flexibility index (Phi) is 25.9. The van der Waals surface area contributed by atoms with Crippen molar-refractivity contribution in [3.8, 4) is 0 Å². The average Bonchev–Trinajstić information content (AvgIpc) is 2.84. The largest absolute Gasteiger partial charge is 0.396 e. The van der Waals surface area contributed by atoms with Gasteiger partial charge in [0.1, 0.15) is 0 Å². The summed E-state index contributed by atoms with van der Waals surface area (Å²) in [7, 11) is 0. The molecule has 0 amide bonds. The van der Waals surface area contributed by atoms with Crippen LogP contribution in [0.5, 0.6) is 0 Å². The van der Waals surface area contributed by atoms with Crippen LogP contribution in [0.25, 0.3) is 0 Å². The lowest BCUT2D eigenvalue weighted by atomic mass is 9.91. The Morgan fingerprint density at radius 2 is 0.854 bits per heavy atom. The summed E-state index contributed by atoms with van der Waals surface area (Å²) < 4.78 is 0. The predicted molar refractivity (Wildman–Crippen MR) is 185 cm³/mol. The molecule has 6 nitrogen and oxygen atoms in total. The second-order valence-electron chi connectivity index (χ2n) is 14.7. The maximum Gasteiger partial charge on any atom is 0.0471 e. The molecule has 3 heterocycles. The van der Waals surface area contributed by atoms with Gasteiger partial charge in [-0.1, -0.05) is 29.7 Å². The highest BCUT2D eigenvalue weighted by atomic mass is 16.3. The molecule has 254 valence electrons. The van der Waals surface area contributed by atoms with Gasteiger partial charge in [-0.05, 0) is 158 Å². The second-order valence-corrected chi connectivity index (χ2v) is 14.7. The van der Waals surface area contributed by atoms with E-state index in [9.17, 15) is 0 Å². The van der Waals surface area contributed by atoms with E-state index in [1.54, 1.807) is 0 Å². The zero-order chi connectivity index (χ0) is 28.3. The molecule has 0 saturated carbocycles. The highest BCUT2D eigenvalue weighted by molar-refractivity contribution is 4.83. The van der Waals surface area contributed by atoms with E-state index in [1.165, 1.54) is 45.3 Å². The number of hydrogen-bond donors (Lipinski definition) is 3. The van der Waals surface area contributed by atoms with E-state index < -0.39 is 0 Å². The van der Waals surface area contributed by atoms with Gasteiger partial charge in [0.2, 0.25) is 0 Å². The van der Waals surface area contributed by atoms with Gasteiger partial charge in [0.15, 0.2) is 0 Å². The van der Waals surface area contributed by atoms with Gasteiger partial charge in [-0.2, -0.15) is 0 Å². The Balaban J connectivity index is -0.000000239. The van der Waals surface area contributed by atoms with Gasteiger partial charge >= 0.3 is 0 Å². The van der Waals surface area contributed by atoms with Crippen molar-refractivity contribution in [2.24, 2.45) is 17.8 Å². The molecule has 3 saturated heterocycles. The molecular weight excluding hydrogens is 510 g/mol. The van der Waals surface area contributed by atoms with Crippen LogP contribution in [0, 0.1) is 17.8 Å². The molecule has 3 fully saturated rings. The third-order valence-electron chi connectivity index (χ3n) is 8.65. The molecule has 0 aliphatic carbocycles. The summed E-state index contributed by atoms with van der Waals surface area (Å²) in [6.45, 7) is 28.4. The van der Waals surface area contributed by atoms with Crippen molar-refractivity contribution in [3.05, 3.63) is 0 Å². The lowest BCUT2D eigenvalue weighted by Gasteiger charge is -2.41. The number of rotatable bonds is 4. The van der Waals surface area contributed by atoms with Gasteiger partial charge in [0.25, 0.3) is 0 Å². The first-order valence-corrected chi connectivity index (χ1v) is 15.2. The zero-order valence-electron chi connectivity index (χ0n) is 26.2. The molecule has 0 radical (unpaired) electrons. The first kappa shape index (κ1) is 47.7. The van der Waals surface area contributed by atoms with Crippen molar-refractivity contribution in [2.75, 3.05) is 59.1 Å². The molecule has 3 aliphatic heterocycles. The topological polar surface area (TPSA) is 70.4 Å². The van der Waals surface area contributed by atoms with Crippen molar-refractivity contribution in [3.63, 3.8) is 0 Å². The van der Waals surface area contributed by atoms with Gasteiger partial charge in [-0.3, -0.25) is 14.7 Å². The number of likely N-dealkylation sites (tertiary alicyclic amines) is 3. The molecule has 1 atom stereocenters.